The zero-order chi connectivity index (χ0) is 9.97. The number of hydrogen-bond acceptors (Lipinski definition) is 3. The van der Waals surface area contributed by atoms with Gasteiger partial charge in [0.2, 0.25) is 0 Å². The fourth-order valence-corrected chi connectivity index (χ4v) is 1.23. The highest BCUT2D eigenvalue weighted by atomic mass is 16.5. The number of imidazole rings is 1. The molecule has 4 heteroatoms. The third-order valence-electron chi connectivity index (χ3n) is 2.18. The van der Waals surface area contributed by atoms with Crippen molar-refractivity contribution in [1.29, 1.82) is 0 Å². The van der Waals surface area contributed by atoms with Gasteiger partial charge in [-0.3, -0.25) is 0 Å². The number of carbonyl (C=O) groups is 1. The summed E-state index contributed by atoms with van der Waals surface area (Å²) in [5, 5.41) is 0. The lowest BCUT2D eigenvalue weighted by molar-refractivity contribution is -0.134. The molecule has 0 N–H and O–H groups in total. The second kappa shape index (κ2) is 3.65. The van der Waals surface area contributed by atoms with E-state index >= 15 is 0 Å². The summed E-state index contributed by atoms with van der Waals surface area (Å²) in [6.45, 7) is 0. The van der Waals surface area contributed by atoms with Crippen molar-refractivity contribution in [2.45, 2.75) is 18.9 Å². The van der Waals surface area contributed by atoms with E-state index in [2.05, 4.69) is 14.3 Å². The van der Waals surface area contributed by atoms with Gasteiger partial charge in [0.15, 0.2) is 0 Å². The minimum Gasteiger partial charge on any atom is -0.466 e. The smallest absolute Gasteiger partial charge is 0.330 e. The lowest BCUT2D eigenvalue weighted by Gasteiger charge is -1.92. The molecule has 1 heterocycles. The van der Waals surface area contributed by atoms with Gasteiger partial charge in [-0.25, -0.2) is 9.78 Å². The number of aromatic nitrogens is 2. The quantitative estimate of drug-likeness (QED) is 0.537. The van der Waals surface area contributed by atoms with Gasteiger partial charge in [0.1, 0.15) is 0 Å². The second-order valence-electron chi connectivity index (χ2n) is 3.33. The molecule has 0 atom stereocenters. The molecule has 1 saturated carbocycles. The number of carbonyl (C=O) groups excluding carboxylic acids is 1. The van der Waals surface area contributed by atoms with E-state index in [0.29, 0.717) is 6.04 Å². The largest absolute Gasteiger partial charge is 0.466 e. The molecule has 0 aliphatic heterocycles. The van der Waals surface area contributed by atoms with Crippen molar-refractivity contribution in [3.05, 3.63) is 24.3 Å². The van der Waals surface area contributed by atoms with Crippen LogP contribution in [0.5, 0.6) is 0 Å². The molecule has 0 unspecified atom stereocenters. The van der Waals surface area contributed by atoms with Crippen molar-refractivity contribution in [3.63, 3.8) is 0 Å². The molecule has 0 radical (unpaired) electrons. The van der Waals surface area contributed by atoms with Gasteiger partial charge in [-0.2, -0.15) is 0 Å². The first-order valence-corrected chi connectivity index (χ1v) is 4.59. The monoisotopic (exact) mass is 192 g/mol. The van der Waals surface area contributed by atoms with E-state index in [9.17, 15) is 4.79 Å². The number of ether oxygens (including phenoxy) is 1. The highest BCUT2D eigenvalue weighted by Crippen LogP contribution is 2.34. The number of esters is 1. The Morgan fingerprint density at radius 3 is 3.14 bits per heavy atom. The maximum Gasteiger partial charge on any atom is 0.330 e. The molecular weight excluding hydrogens is 180 g/mol. The number of rotatable bonds is 3. The molecule has 0 spiro atoms. The lowest BCUT2D eigenvalue weighted by atomic mass is 10.4. The SMILES string of the molecule is COC(=O)/C=C/c1cn(C2CC2)cn1. The van der Waals surface area contributed by atoms with Crippen LogP contribution in [0.15, 0.2) is 18.6 Å². The molecule has 1 aliphatic carbocycles. The maximum absolute atomic E-state index is 10.8. The summed E-state index contributed by atoms with van der Waals surface area (Å²) in [5.74, 6) is -0.356. The molecule has 1 aliphatic rings. The maximum atomic E-state index is 10.8. The number of methoxy groups -OCH3 is 1. The predicted octanol–water partition coefficient (Wildman–Crippen LogP) is 1.40. The van der Waals surface area contributed by atoms with Gasteiger partial charge in [-0.05, 0) is 18.9 Å². The molecule has 14 heavy (non-hydrogen) atoms. The van der Waals surface area contributed by atoms with Crippen LogP contribution in [0.3, 0.4) is 0 Å². The van der Waals surface area contributed by atoms with Crippen LogP contribution in [0.1, 0.15) is 24.6 Å². The van der Waals surface area contributed by atoms with Crippen LogP contribution in [0.4, 0.5) is 0 Å². The van der Waals surface area contributed by atoms with Crippen LogP contribution in [0.2, 0.25) is 0 Å². The average Bonchev–Trinajstić information content (AvgIpc) is 2.95. The van der Waals surface area contributed by atoms with Gasteiger partial charge in [-0.1, -0.05) is 0 Å². The predicted molar refractivity (Wildman–Crippen MR) is 51.5 cm³/mol. The number of hydrogen-bond donors (Lipinski definition) is 0. The first kappa shape index (κ1) is 8.99. The molecule has 1 aromatic heterocycles. The van der Waals surface area contributed by atoms with Gasteiger partial charge in [0, 0.05) is 18.3 Å². The Morgan fingerprint density at radius 1 is 1.71 bits per heavy atom. The van der Waals surface area contributed by atoms with Crippen LogP contribution in [-0.4, -0.2) is 22.6 Å². The van der Waals surface area contributed by atoms with E-state index in [-0.39, 0.29) is 5.97 Å². The van der Waals surface area contributed by atoms with E-state index in [1.54, 1.807) is 12.4 Å². The van der Waals surface area contributed by atoms with E-state index in [0.717, 1.165) is 5.69 Å². The molecule has 1 fully saturated rings. The van der Waals surface area contributed by atoms with Crippen molar-refractivity contribution in [3.8, 4) is 0 Å². The Hall–Kier alpha value is -1.58. The highest BCUT2D eigenvalue weighted by molar-refractivity contribution is 5.86. The van der Waals surface area contributed by atoms with Crippen LogP contribution < -0.4 is 0 Å². The summed E-state index contributed by atoms with van der Waals surface area (Å²) >= 11 is 0. The van der Waals surface area contributed by atoms with E-state index in [1.807, 2.05) is 6.20 Å². The Morgan fingerprint density at radius 2 is 2.50 bits per heavy atom. The molecule has 0 bridgehead atoms. The first-order chi connectivity index (χ1) is 6.79. The van der Waals surface area contributed by atoms with Gasteiger partial charge in [-0.15, -0.1) is 0 Å². The summed E-state index contributed by atoms with van der Waals surface area (Å²) in [5.41, 5.74) is 0.794. The Kier molecular flexibility index (Phi) is 2.35. The summed E-state index contributed by atoms with van der Waals surface area (Å²) in [7, 11) is 1.36. The van der Waals surface area contributed by atoms with Crippen LogP contribution in [0.25, 0.3) is 6.08 Å². The van der Waals surface area contributed by atoms with Crippen molar-refractivity contribution < 1.29 is 9.53 Å². The molecule has 0 amide bonds. The lowest BCUT2D eigenvalue weighted by Crippen LogP contribution is -1.93. The zero-order valence-corrected chi connectivity index (χ0v) is 8.01. The van der Waals surface area contributed by atoms with Crippen LogP contribution in [0, 0.1) is 0 Å². The van der Waals surface area contributed by atoms with Crippen molar-refractivity contribution in [2.24, 2.45) is 0 Å². The van der Waals surface area contributed by atoms with Gasteiger partial charge < -0.3 is 9.30 Å². The molecule has 4 nitrogen and oxygen atoms in total. The third kappa shape index (κ3) is 2.02. The zero-order valence-electron chi connectivity index (χ0n) is 8.01. The van der Waals surface area contributed by atoms with Gasteiger partial charge in [0.05, 0.1) is 19.1 Å². The summed E-state index contributed by atoms with van der Waals surface area (Å²) < 4.78 is 6.56. The minimum atomic E-state index is -0.356. The molecular formula is C10H12N2O2. The van der Waals surface area contributed by atoms with E-state index in [1.165, 1.54) is 26.0 Å². The third-order valence-corrected chi connectivity index (χ3v) is 2.18. The molecule has 0 saturated heterocycles. The van der Waals surface area contributed by atoms with Crippen molar-refractivity contribution in [1.82, 2.24) is 9.55 Å². The standard InChI is InChI=1S/C10H12N2O2/c1-14-10(13)5-2-8-6-12(7-11-8)9-3-4-9/h2,5-7,9H,3-4H2,1H3/b5-2+. The fourth-order valence-electron chi connectivity index (χ4n) is 1.23. The van der Waals surface area contributed by atoms with Crippen molar-refractivity contribution in [2.75, 3.05) is 7.11 Å². The summed E-state index contributed by atoms with van der Waals surface area (Å²) in [6, 6.07) is 0.628. The summed E-state index contributed by atoms with van der Waals surface area (Å²) in [6.07, 6.45) is 9.24. The molecule has 1 aromatic rings. The van der Waals surface area contributed by atoms with Gasteiger partial charge in [0.25, 0.3) is 0 Å². The topological polar surface area (TPSA) is 44.1 Å². The molecule has 0 aromatic carbocycles. The van der Waals surface area contributed by atoms with Gasteiger partial charge >= 0.3 is 5.97 Å². The normalized spacial score (nSPS) is 16.1. The first-order valence-electron chi connectivity index (χ1n) is 4.59. The van der Waals surface area contributed by atoms with Crippen molar-refractivity contribution >= 4 is 12.0 Å². The highest BCUT2D eigenvalue weighted by Gasteiger charge is 2.22. The molecule has 2 rings (SSSR count). The Bertz CT molecular complexity index is 364. The second-order valence-corrected chi connectivity index (χ2v) is 3.33. The average molecular weight is 192 g/mol. The van der Waals surface area contributed by atoms with Crippen LogP contribution in [-0.2, 0) is 9.53 Å². The number of nitrogens with zero attached hydrogens (tertiary/aromatic N) is 2. The Balaban J connectivity index is 2.02. The van der Waals surface area contributed by atoms with E-state index < -0.39 is 0 Å². The Labute approximate surface area is 82.2 Å². The molecule has 74 valence electrons. The summed E-state index contributed by atoms with van der Waals surface area (Å²) in [4.78, 5) is 14.9. The fraction of sp³-hybridized carbons (Fsp3) is 0.400. The van der Waals surface area contributed by atoms with E-state index in [4.69, 9.17) is 0 Å². The minimum absolute atomic E-state index is 0.356. The van der Waals surface area contributed by atoms with Crippen LogP contribution >= 0.6 is 0 Å².